The predicted molar refractivity (Wildman–Crippen MR) is 47.0 cm³/mol. The Morgan fingerprint density at radius 2 is 2.17 bits per heavy atom. The molecule has 66 valence electrons. The fourth-order valence-electron chi connectivity index (χ4n) is 2.08. The Kier molecular flexibility index (Phi) is 2.11. The largest absolute Gasteiger partial charge is 0.317 e. The SMILES string of the molecule is O=C1NC=NC2CCCCCC12. The fourth-order valence-corrected chi connectivity index (χ4v) is 2.08. The topological polar surface area (TPSA) is 41.5 Å². The number of rotatable bonds is 0. The number of amides is 1. The summed E-state index contributed by atoms with van der Waals surface area (Å²) in [5.41, 5.74) is 0. The maximum atomic E-state index is 11.4. The van der Waals surface area contributed by atoms with Crippen LogP contribution in [0.1, 0.15) is 32.1 Å². The van der Waals surface area contributed by atoms with Crippen molar-refractivity contribution < 1.29 is 4.79 Å². The first-order valence-electron chi connectivity index (χ1n) is 4.70. The molecule has 0 aromatic carbocycles. The van der Waals surface area contributed by atoms with Crippen LogP contribution in [0.2, 0.25) is 0 Å². The normalized spacial score (nSPS) is 35.2. The van der Waals surface area contributed by atoms with Crippen LogP contribution in [-0.2, 0) is 4.79 Å². The van der Waals surface area contributed by atoms with Gasteiger partial charge >= 0.3 is 0 Å². The van der Waals surface area contributed by atoms with Crippen molar-refractivity contribution in [1.29, 1.82) is 0 Å². The Balaban J connectivity index is 2.14. The van der Waals surface area contributed by atoms with Crippen molar-refractivity contribution in [2.24, 2.45) is 10.9 Å². The smallest absolute Gasteiger partial charge is 0.230 e. The van der Waals surface area contributed by atoms with Gasteiger partial charge in [-0.05, 0) is 12.8 Å². The van der Waals surface area contributed by atoms with Gasteiger partial charge < -0.3 is 5.32 Å². The van der Waals surface area contributed by atoms with Crippen molar-refractivity contribution in [2.75, 3.05) is 0 Å². The third-order valence-corrected chi connectivity index (χ3v) is 2.79. The monoisotopic (exact) mass is 166 g/mol. The summed E-state index contributed by atoms with van der Waals surface area (Å²) in [5.74, 6) is 0.342. The van der Waals surface area contributed by atoms with E-state index in [-0.39, 0.29) is 17.9 Å². The van der Waals surface area contributed by atoms with Crippen LogP contribution < -0.4 is 5.32 Å². The molecule has 1 heterocycles. The van der Waals surface area contributed by atoms with Crippen LogP contribution >= 0.6 is 0 Å². The maximum absolute atomic E-state index is 11.4. The number of carbonyl (C=O) groups excluding carboxylic acids is 1. The van der Waals surface area contributed by atoms with Crippen LogP contribution in [-0.4, -0.2) is 18.3 Å². The molecule has 2 atom stereocenters. The van der Waals surface area contributed by atoms with Crippen molar-refractivity contribution in [3.8, 4) is 0 Å². The number of nitrogens with one attached hydrogen (secondary N) is 1. The maximum Gasteiger partial charge on any atom is 0.230 e. The molecule has 0 aromatic heterocycles. The number of nitrogens with zero attached hydrogens (tertiary/aromatic N) is 1. The molecule has 2 aliphatic rings. The van der Waals surface area contributed by atoms with Gasteiger partial charge in [-0.15, -0.1) is 0 Å². The first kappa shape index (κ1) is 7.77. The first-order chi connectivity index (χ1) is 5.88. The van der Waals surface area contributed by atoms with E-state index in [0.717, 1.165) is 12.8 Å². The van der Waals surface area contributed by atoms with Crippen molar-refractivity contribution >= 4 is 12.2 Å². The summed E-state index contributed by atoms with van der Waals surface area (Å²) >= 11 is 0. The summed E-state index contributed by atoms with van der Waals surface area (Å²) in [7, 11) is 0. The van der Waals surface area contributed by atoms with E-state index in [1.807, 2.05) is 0 Å². The number of hydrogen-bond donors (Lipinski definition) is 1. The summed E-state index contributed by atoms with van der Waals surface area (Å²) in [6.45, 7) is 0. The molecule has 0 saturated heterocycles. The molecular formula is C9H14N2O. The summed E-state index contributed by atoms with van der Waals surface area (Å²) in [5, 5.41) is 2.68. The molecule has 12 heavy (non-hydrogen) atoms. The highest BCUT2D eigenvalue weighted by Crippen LogP contribution is 2.26. The zero-order chi connectivity index (χ0) is 8.39. The lowest BCUT2D eigenvalue weighted by Gasteiger charge is -2.23. The molecule has 0 aromatic rings. The third-order valence-electron chi connectivity index (χ3n) is 2.79. The molecule has 0 radical (unpaired) electrons. The zero-order valence-electron chi connectivity index (χ0n) is 7.12. The molecule has 0 bridgehead atoms. The van der Waals surface area contributed by atoms with E-state index in [4.69, 9.17) is 0 Å². The predicted octanol–water partition coefficient (Wildman–Crippen LogP) is 1.09. The van der Waals surface area contributed by atoms with E-state index in [0.29, 0.717) is 0 Å². The molecule has 0 spiro atoms. The van der Waals surface area contributed by atoms with Gasteiger partial charge in [0.05, 0.1) is 18.3 Å². The van der Waals surface area contributed by atoms with Crippen LogP contribution in [0.25, 0.3) is 0 Å². The van der Waals surface area contributed by atoms with Gasteiger partial charge in [0.1, 0.15) is 0 Å². The molecule has 2 rings (SSSR count). The van der Waals surface area contributed by atoms with E-state index in [2.05, 4.69) is 10.3 Å². The third kappa shape index (κ3) is 1.36. The summed E-state index contributed by atoms with van der Waals surface area (Å²) in [6.07, 6.45) is 7.35. The molecule has 1 aliphatic carbocycles. The quantitative estimate of drug-likeness (QED) is 0.575. The Hall–Kier alpha value is -0.860. The van der Waals surface area contributed by atoms with Crippen LogP contribution in [0.15, 0.2) is 4.99 Å². The van der Waals surface area contributed by atoms with E-state index < -0.39 is 0 Å². The standard InChI is InChI=1S/C9H14N2O/c12-9-7-4-2-1-3-5-8(7)10-6-11-9/h6-8H,1-5H2,(H,10,11,12). The minimum atomic E-state index is 0.164. The summed E-state index contributed by atoms with van der Waals surface area (Å²) in [4.78, 5) is 15.7. The number of fused-ring (bicyclic) bond motifs is 1. The van der Waals surface area contributed by atoms with Crippen LogP contribution in [0.4, 0.5) is 0 Å². The Morgan fingerprint density at radius 1 is 1.33 bits per heavy atom. The van der Waals surface area contributed by atoms with E-state index in [1.165, 1.54) is 19.3 Å². The Morgan fingerprint density at radius 3 is 3.08 bits per heavy atom. The molecule has 3 heteroatoms. The highest BCUT2D eigenvalue weighted by molar-refractivity contribution is 5.91. The van der Waals surface area contributed by atoms with Gasteiger partial charge in [0, 0.05) is 0 Å². The van der Waals surface area contributed by atoms with Gasteiger partial charge in [0.2, 0.25) is 5.91 Å². The van der Waals surface area contributed by atoms with Gasteiger partial charge in [-0.25, -0.2) is 0 Å². The number of aliphatic imine (C=N–C) groups is 1. The average Bonchev–Trinajstić information content (AvgIpc) is 2.30. The highest BCUT2D eigenvalue weighted by atomic mass is 16.2. The van der Waals surface area contributed by atoms with Crippen LogP contribution in [0, 0.1) is 5.92 Å². The Bertz CT molecular complexity index is 213. The molecular weight excluding hydrogens is 152 g/mol. The zero-order valence-corrected chi connectivity index (χ0v) is 7.12. The lowest BCUT2D eigenvalue weighted by molar-refractivity contribution is -0.124. The second-order valence-electron chi connectivity index (χ2n) is 3.60. The minimum absolute atomic E-state index is 0.164. The van der Waals surface area contributed by atoms with E-state index >= 15 is 0 Å². The van der Waals surface area contributed by atoms with Crippen molar-refractivity contribution in [3.05, 3.63) is 0 Å². The van der Waals surface area contributed by atoms with Crippen LogP contribution in [0.3, 0.4) is 0 Å². The first-order valence-corrected chi connectivity index (χ1v) is 4.70. The van der Waals surface area contributed by atoms with Gasteiger partial charge in [-0.3, -0.25) is 9.79 Å². The number of carbonyl (C=O) groups is 1. The van der Waals surface area contributed by atoms with E-state index in [1.54, 1.807) is 6.34 Å². The lowest BCUT2D eigenvalue weighted by Crippen LogP contribution is -2.40. The molecule has 1 saturated carbocycles. The van der Waals surface area contributed by atoms with Gasteiger partial charge in [-0.1, -0.05) is 19.3 Å². The van der Waals surface area contributed by atoms with Crippen molar-refractivity contribution in [2.45, 2.75) is 38.1 Å². The number of hydrogen-bond acceptors (Lipinski definition) is 2. The van der Waals surface area contributed by atoms with E-state index in [9.17, 15) is 4.79 Å². The lowest BCUT2D eigenvalue weighted by atomic mass is 9.93. The molecule has 2 unspecified atom stereocenters. The fraction of sp³-hybridized carbons (Fsp3) is 0.778. The summed E-state index contributed by atoms with van der Waals surface area (Å²) in [6, 6.07) is 0.279. The molecule has 1 N–H and O–H groups in total. The Labute approximate surface area is 72.3 Å². The van der Waals surface area contributed by atoms with Crippen molar-refractivity contribution in [1.82, 2.24) is 5.32 Å². The molecule has 1 fully saturated rings. The minimum Gasteiger partial charge on any atom is -0.317 e. The van der Waals surface area contributed by atoms with Crippen molar-refractivity contribution in [3.63, 3.8) is 0 Å². The van der Waals surface area contributed by atoms with Crippen LogP contribution in [0.5, 0.6) is 0 Å². The molecule has 1 amide bonds. The highest BCUT2D eigenvalue weighted by Gasteiger charge is 2.30. The molecule has 3 nitrogen and oxygen atoms in total. The van der Waals surface area contributed by atoms with Gasteiger partial charge in [0.25, 0.3) is 0 Å². The second kappa shape index (κ2) is 3.25. The summed E-state index contributed by atoms with van der Waals surface area (Å²) < 4.78 is 0. The van der Waals surface area contributed by atoms with Gasteiger partial charge in [0.15, 0.2) is 0 Å². The molecule has 1 aliphatic heterocycles. The second-order valence-corrected chi connectivity index (χ2v) is 3.60. The average molecular weight is 166 g/mol. The van der Waals surface area contributed by atoms with Gasteiger partial charge in [-0.2, -0.15) is 0 Å².